The lowest BCUT2D eigenvalue weighted by atomic mass is 9.94. The Morgan fingerprint density at radius 2 is 1.83 bits per heavy atom. The molecule has 1 spiro atoms. The molecule has 0 amide bonds. The average molecular weight is 249 g/mol. The molecule has 0 bridgehead atoms. The molecular formula is C15H18FO2. The van der Waals surface area contributed by atoms with Crippen LogP contribution in [-0.4, -0.2) is 11.9 Å². The monoisotopic (exact) mass is 249 g/mol. The van der Waals surface area contributed by atoms with E-state index in [1.165, 1.54) is 12.5 Å². The molecule has 1 aromatic carbocycles. The summed E-state index contributed by atoms with van der Waals surface area (Å²) in [7, 11) is 0. The van der Waals surface area contributed by atoms with E-state index in [4.69, 9.17) is 9.47 Å². The summed E-state index contributed by atoms with van der Waals surface area (Å²) in [6, 6.07) is 6.71. The third-order valence-electron chi connectivity index (χ3n) is 3.87. The summed E-state index contributed by atoms with van der Waals surface area (Å²) in [6.07, 6.45) is 4.51. The summed E-state index contributed by atoms with van der Waals surface area (Å²) in [5, 5.41) is 0. The highest BCUT2D eigenvalue weighted by Gasteiger charge is 2.47. The fraction of sp³-hybridized carbons (Fsp3) is 0.533. The maximum atomic E-state index is 13.8. The van der Waals surface area contributed by atoms with Gasteiger partial charge in [-0.2, -0.15) is 0 Å². The van der Waals surface area contributed by atoms with E-state index in [1.54, 1.807) is 12.1 Å². The molecule has 1 aliphatic heterocycles. The lowest BCUT2D eigenvalue weighted by Crippen LogP contribution is -2.33. The van der Waals surface area contributed by atoms with Crippen LogP contribution in [0.2, 0.25) is 0 Å². The van der Waals surface area contributed by atoms with Gasteiger partial charge >= 0.3 is 0 Å². The maximum absolute atomic E-state index is 13.8. The fourth-order valence-electron chi connectivity index (χ4n) is 2.97. The van der Waals surface area contributed by atoms with E-state index in [-0.39, 0.29) is 18.0 Å². The first kappa shape index (κ1) is 12.1. The highest BCUT2D eigenvalue weighted by atomic mass is 19.1. The number of benzene rings is 1. The van der Waals surface area contributed by atoms with Crippen molar-refractivity contribution in [2.24, 2.45) is 0 Å². The summed E-state index contributed by atoms with van der Waals surface area (Å²) in [6.45, 7) is 3.97. The van der Waals surface area contributed by atoms with Crippen molar-refractivity contribution in [3.8, 4) is 0 Å². The lowest BCUT2D eigenvalue weighted by molar-refractivity contribution is -0.192. The number of hydrogen-bond donors (Lipinski definition) is 0. The molecule has 18 heavy (non-hydrogen) atoms. The average Bonchev–Trinajstić information content (AvgIpc) is 2.67. The zero-order chi connectivity index (χ0) is 12.6. The van der Waals surface area contributed by atoms with Crippen LogP contribution in [0, 0.1) is 12.7 Å². The molecular weight excluding hydrogens is 231 g/mol. The molecule has 2 fully saturated rings. The SMILES string of the molecule is [CH2][C@@H]1OC2(CCCCC2)O[C@H]1c1ccccc1F. The Balaban J connectivity index is 1.84. The van der Waals surface area contributed by atoms with Crippen LogP contribution in [0.15, 0.2) is 24.3 Å². The third kappa shape index (κ3) is 2.06. The van der Waals surface area contributed by atoms with Gasteiger partial charge in [0.2, 0.25) is 0 Å². The number of rotatable bonds is 1. The van der Waals surface area contributed by atoms with E-state index in [0.717, 1.165) is 25.7 Å². The largest absolute Gasteiger partial charge is 0.344 e. The summed E-state index contributed by atoms with van der Waals surface area (Å²) in [5.41, 5.74) is 0.556. The van der Waals surface area contributed by atoms with Crippen LogP contribution in [0.4, 0.5) is 4.39 Å². The molecule has 1 heterocycles. The van der Waals surface area contributed by atoms with E-state index < -0.39 is 5.79 Å². The summed E-state index contributed by atoms with van der Waals surface area (Å²) in [4.78, 5) is 0. The van der Waals surface area contributed by atoms with Gasteiger partial charge < -0.3 is 9.47 Å². The molecule has 1 radical (unpaired) electrons. The quantitative estimate of drug-likeness (QED) is 0.754. The second kappa shape index (κ2) is 4.63. The van der Waals surface area contributed by atoms with Gasteiger partial charge in [-0.15, -0.1) is 0 Å². The minimum absolute atomic E-state index is 0.243. The van der Waals surface area contributed by atoms with Crippen molar-refractivity contribution < 1.29 is 13.9 Å². The highest BCUT2D eigenvalue weighted by molar-refractivity contribution is 5.22. The van der Waals surface area contributed by atoms with Gasteiger partial charge in [0.25, 0.3) is 0 Å². The highest BCUT2D eigenvalue weighted by Crippen LogP contribution is 2.46. The Labute approximate surface area is 107 Å². The first-order chi connectivity index (χ1) is 8.70. The smallest absolute Gasteiger partial charge is 0.169 e. The van der Waals surface area contributed by atoms with Crippen LogP contribution in [-0.2, 0) is 9.47 Å². The van der Waals surface area contributed by atoms with Crippen molar-refractivity contribution in [3.63, 3.8) is 0 Å². The molecule has 1 saturated heterocycles. The molecule has 3 rings (SSSR count). The molecule has 3 heteroatoms. The number of hydrogen-bond acceptors (Lipinski definition) is 2. The van der Waals surface area contributed by atoms with Crippen molar-refractivity contribution in [1.29, 1.82) is 0 Å². The van der Waals surface area contributed by atoms with Crippen molar-refractivity contribution in [1.82, 2.24) is 0 Å². The number of halogens is 1. The van der Waals surface area contributed by atoms with Gasteiger partial charge in [-0.05, 0) is 25.8 Å². The topological polar surface area (TPSA) is 18.5 Å². The molecule has 2 nitrogen and oxygen atoms in total. The summed E-state index contributed by atoms with van der Waals surface area (Å²) < 4.78 is 25.8. The molecule has 0 aromatic heterocycles. The first-order valence-corrected chi connectivity index (χ1v) is 6.63. The zero-order valence-electron chi connectivity index (χ0n) is 10.4. The first-order valence-electron chi connectivity index (χ1n) is 6.63. The van der Waals surface area contributed by atoms with E-state index in [2.05, 4.69) is 6.92 Å². The Bertz CT molecular complexity index is 426. The van der Waals surface area contributed by atoms with E-state index in [9.17, 15) is 4.39 Å². The van der Waals surface area contributed by atoms with Crippen LogP contribution in [0.3, 0.4) is 0 Å². The van der Waals surface area contributed by atoms with Gasteiger partial charge in [0.15, 0.2) is 5.79 Å². The van der Waals surface area contributed by atoms with Gasteiger partial charge in [0.1, 0.15) is 11.9 Å². The van der Waals surface area contributed by atoms with Crippen LogP contribution in [0.25, 0.3) is 0 Å². The van der Waals surface area contributed by atoms with Crippen LogP contribution in [0.5, 0.6) is 0 Å². The van der Waals surface area contributed by atoms with Crippen molar-refractivity contribution in [3.05, 3.63) is 42.6 Å². The molecule has 2 atom stereocenters. The predicted molar refractivity (Wildman–Crippen MR) is 66.3 cm³/mol. The van der Waals surface area contributed by atoms with Gasteiger partial charge in [0.05, 0.1) is 6.10 Å². The van der Waals surface area contributed by atoms with Crippen LogP contribution >= 0.6 is 0 Å². The minimum atomic E-state index is -0.516. The second-order valence-corrected chi connectivity index (χ2v) is 5.19. The molecule has 1 aliphatic carbocycles. The van der Waals surface area contributed by atoms with Crippen LogP contribution in [0.1, 0.15) is 43.8 Å². The fourth-order valence-corrected chi connectivity index (χ4v) is 2.97. The Hall–Kier alpha value is -0.930. The number of ether oxygens (including phenoxy) is 2. The molecule has 1 saturated carbocycles. The Kier molecular flexibility index (Phi) is 3.12. The van der Waals surface area contributed by atoms with Gasteiger partial charge in [0, 0.05) is 18.4 Å². The molecule has 97 valence electrons. The lowest BCUT2D eigenvalue weighted by Gasteiger charge is -2.31. The zero-order valence-corrected chi connectivity index (χ0v) is 10.4. The van der Waals surface area contributed by atoms with Crippen molar-refractivity contribution in [2.45, 2.75) is 50.1 Å². The van der Waals surface area contributed by atoms with Gasteiger partial charge in [-0.25, -0.2) is 4.39 Å². The van der Waals surface area contributed by atoms with Crippen molar-refractivity contribution >= 4 is 0 Å². The van der Waals surface area contributed by atoms with Crippen LogP contribution < -0.4 is 0 Å². The minimum Gasteiger partial charge on any atom is -0.344 e. The molecule has 1 aromatic rings. The van der Waals surface area contributed by atoms with Gasteiger partial charge in [-0.1, -0.05) is 24.6 Å². The summed E-state index contributed by atoms with van der Waals surface area (Å²) in [5.74, 6) is -0.759. The Morgan fingerprint density at radius 1 is 1.11 bits per heavy atom. The standard InChI is InChI=1S/C15H18FO2/c1-11-14(12-7-3-4-8-13(12)16)18-15(17-11)9-5-2-6-10-15/h3-4,7-8,11,14H,1-2,5-6,9-10H2/t11-,14+/m0/s1. The van der Waals surface area contributed by atoms with E-state index in [0.29, 0.717) is 5.56 Å². The Morgan fingerprint density at radius 3 is 2.56 bits per heavy atom. The van der Waals surface area contributed by atoms with E-state index in [1.807, 2.05) is 6.07 Å². The molecule has 2 aliphatic rings. The molecule has 0 N–H and O–H groups in total. The van der Waals surface area contributed by atoms with Gasteiger partial charge in [-0.3, -0.25) is 0 Å². The second-order valence-electron chi connectivity index (χ2n) is 5.19. The normalized spacial score (nSPS) is 30.8. The van der Waals surface area contributed by atoms with Crippen molar-refractivity contribution in [2.75, 3.05) is 0 Å². The summed E-state index contributed by atoms with van der Waals surface area (Å²) >= 11 is 0. The maximum Gasteiger partial charge on any atom is 0.169 e. The molecule has 0 unspecified atom stereocenters. The third-order valence-corrected chi connectivity index (χ3v) is 3.87. The predicted octanol–water partition coefficient (Wildman–Crippen LogP) is 3.78. The van der Waals surface area contributed by atoms with E-state index >= 15 is 0 Å².